The summed E-state index contributed by atoms with van der Waals surface area (Å²) in [6, 6.07) is 0. The first-order valence-electron chi connectivity index (χ1n) is 4.53. The van der Waals surface area contributed by atoms with Gasteiger partial charge < -0.3 is 4.57 Å². The average Bonchev–Trinajstić information content (AvgIpc) is 1.87. The van der Waals surface area contributed by atoms with E-state index in [9.17, 15) is 4.57 Å². The smallest absolute Gasteiger partial charge is 0.0925 e. The van der Waals surface area contributed by atoms with Crippen molar-refractivity contribution < 1.29 is 4.57 Å². The molecule has 0 N–H and O–H groups in total. The van der Waals surface area contributed by atoms with Crippen LogP contribution in [0.3, 0.4) is 0 Å². The lowest BCUT2D eigenvalue weighted by Crippen LogP contribution is -2.11. The molecule has 68 valence electrons. The zero-order valence-corrected chi connectivity index (χ0v) is 9.32. The first-order valence-corrected chi connectivity index (χ1v) is 6.56. The Balaban J connectivity index is 4.40. The highest BCUT2D eigenvalue weighted by Crippen LogP contribution is 2.55. The van der Waals surface area contributed by atoms with Crippen molar-refractivity contribution in [2.75, 3.05) is 6.16 Å². The average molecular weight is 176 g/mol. The zero-order chi connectivity index (χ0) is 9.07. The molecule has 0 aromatic heterocycles. The Morgan fingerprint density at radius 2 is 1.45 bits per heavy atom. The molecule has 0 atom stereocenters. The fourth-order valence-electron chi connectivity index (χ4n) is 1.46. The number of rotatable bonds is 4. The first-order chi connectivity index (χ1) is 4.95. The summed E-state index contributed by atoms with van der Waals surface area (Å²) in [6.07, 6.45) is 1.97. The van der Waals surface area contributed by atoms with Crippen molar-refractivity contribution >= 4 is 7.14 Å². The molecule has 0 aliphatic rings. The Bertz CT molecular complexity index is 138. The molecule has 11 heavy (non-hydrogen) atoms. The van der Waals surface area contributed by atoms with Crippen molar-refractivity contribution in [3.63, 3.8) is 0 Å². The fourth-order valence-corrected chi connectivity index (χ4v) is 4.39. The third kappa shape index (κ3) is 2.63. The molecule has 0 radical (unpaired) electrons. The Morgan fingerprint density at radius 3 is 1.55 bits per heavy atom. The summed E-state index contributed by atoms with van der Waals surface area (Å²) >= 11 is 0. The Labute approximate surface area is 70.9 Å². The van der Waals surface area contributed by atoms with Gasteiger partial charge in [0.2, 0.25) is 0 Å². The van der Waals surface area contributed by atoms with Gasteiger partial charge in [0.1, 0.15) is 0 Å². The van der Waals surface area contributed by atoms with Crippen molar-refractivity contribution in [3.8, 4) is 0 Å². The van der Waals surface area contributed by atoms with Gasteiger partial charge in [-0.2, -0.15) is 0 Å². The molecule has 0 fully saturated rings. The first kappa shape index (κ1) is 11.2. The summed E-state index contributed by atoms with van der Waals surface area (Å²) in [5, 5.41) is 0. The van der Waals surface area contributed by atoms with E-state index in [2.05, 4.69) is 34.6 Å². The molecule has 1 nitrogen and oxygen atoms in total. The van der Waals surface area contributed by atoms with Gasteiger partial charge >= 0.3 is 0 Å². The molecule has 0 spiro atoms. The van der Waals surface area contributed by atoms with E-state index in [1.165, 1.54) is 0 Å². The van der Waals surface area contributed by atoms with Crippen LogP contribution in [0.4, 0.5) is 0 Å². The Kier molecular flexibility index (Phi) is 4.39. The van der Waals surface area contributed by atoms with Crippen molar-refractivity contribution in [1.29, 1.82) is 0 Å². The SMILES string of the molecule is CCCP(=O)(C(C)C)C(C)C. The van der Waals surface area contributed by atoms with Crippen LogP contribution in [-0.4, -0.2) is 17.5 Å². The number of hydrogen-bond acceptors (Lipinski definition) is 1. The molecule has 0 bridgehead atoms. The lowest BCUT2D eigenvalue weighted by atomic mass is 10.5. The van der Waals surface area contributed by atoms with E-state index in [1.807, 2.05) is 0 Å². The highest BCUT2D eigenvalue weighted by molar-refractivity contribution is 7.65. The monoisotopic (exact) mass is 176 g/mol. The zero-order valence-electron chi connectivity index (χ0n) is 8.42. The predicted molar refractivity (Wildman–Crippen MR) is 53.0 cm³/mol. The van der Waals surface area contributed by atoms with E-state index in [1.54, 1.807) is 0 Å². The van der Waals surface area contributed by atoms with Gasteiger partial charge in [0.25, 0.3) is 0 Å². The van der Waals surface area contributed by atoms with Crippen LogP contribution in [0.1, 0.15) is 41.0 Å². The van der Waals surface area contributed by atoms with Crippen LogP contribution in [0.15, 0.2) is 0 Å². The van der Waals surface area contributed by atoms with Crippen LogP contribution in [0.2, 0.25) is 0 Å². The molecule has 0 aliphatic carbocycles. The van der Waals surface area contributed by atoms with Crippen LogP contribution in [0, 0.1) is 0 Å². The van der Waals surface area contributed by atoms with Gasteiger partial charge in [-0.1, -0.05) is 34.6 Å². The Hall–Kier alpha value is 0.230. The summed E-state index contributed by atoms with van der Waals surface area (Å²) in [5.74, 6) is 0. The predicted octanol–water partition coefficient (Wildman–Crippen LogP) is 3.58. The van der Waals surface area contributed by atoms with Crippen molar-refractivity contribution in [1.82, 2.24) is 0 Å². The molecule has 0 heterocycles. The van der Waals surface area contributed by atoms with Crippen LogP contribution in [0.25, 0.3) is 0 Å². The van der Waals surface area contributed by atoms with Crippen LogP contribution in [-0.2, 0) is 4.57 Å². The molecular formula is C9H21OP. The van der Waals surface area contributed by atoms with Crippen molar-refractivity contribution in [2.45, 2.75) is 52.4 Å². The molecular weight excluding hydrogens is 155 g/mol. The van der Waals surface area contributed by atoms with E-state index in [0.717, 1.165) is 12.6 Å². The van der Waals surface area contributed by atoms with Crippen molar-refractivity contribution in [2.24, 2.45) is 0 Å². The second kappa shape index (κ2) is 4.30. The normalized spacial score (nSPS) is 13.0. The molecule has 0 unspecified atom stereocenters. The van der Waals surface area contributed by atoms with E-state index in [0.29, 0.717) is 11.3 Å². The van der Waals surface area contributed by atoms with Gasteiger partial charge in [0, 0.05) is 17.5 Å². The van der Waals surface area contributed by atoms with Gasteiger partial charge in [0.05, 0.1) is 7.14 Å². The highest BCUT2D eigenvalue weighted by Gasteiger charge is 2.28. The van der Waals surface area contributed by atoms with E-state index in [-0.39, 0.29) is 0 Å². The second-order valence-corrected chi connectivity index (χ2v) is 7.99. The third-order valence-electron chi connectivity index (χ3n) is 2.32. The molecule has 0 saturated carbocycles. The molecule has 0 aliphatic heterocycles. The van der Waals surface area contributed by atoms with E-state index >= 15 is 0 Å². The molecule has 0 rings (SSSR count). The third-order valence-corrected chi connectivity index (χ3v) is 6.96. The summed E-state index contributed by atoms with van der Waals surface area (Å²) < 4.78 is 12.2. The minimum absolute atomic E-state index is 0.363. The quantitative estimate of drug-likeness (QED) is 0.598. The van der Waals surface area contributed by atoms with E-state index < -0.39 is 7.14 Å². The Morgan fingerprint density at radius 1 is 1.09 bits per heavy atom. The fraction of sp³-hybridized carbons (Fsp3) is 1.00. The summed E-state index contributed by atoms with van der Waals surface area (Å²) in [4.78, 5) is 0. The van der Waals surface area contributed by atoms with Crippen molar-refractivity contribution in [3.05, 3.63) is 0 Å². The van der Waals surface area contributed by atoms with Gasteiger partial charge in [-0.25, -0.2) is 0 Å². The van der Waals surface area contributed by atoms with Crippen LogP contribution in [0.5, 0.6) is 0 Å². The van der Waals surface area contributed by atoms with Crippen LogP contribution >= 0.6 is 7.14 Å². The lowest BCUT2D eigenvalue weighted by Gasteiger charge is -2.25. The molecule has 0 amide bonds. The minimum atomic E-state index is -1.86. The summed E-state index contributed by atoms with van der Waals surface area (Å²) in [5.41, 5.74) is 0.727. The van der Waals surface area contributed by atoms with Gasteiger partial charge in [-0.05, 0) is 6.42 Å². The van der Waals surface area contributed by atoms with Gasteiger partial charge in [-0.3, -0.25) is 0 Å². The number of hydrogen-bond donors (Lipinski definition) is 0. The largest absolute Gasteiger partial charge is 0.323 e. The highest BCUT2D eigenvalue weighted by atomic mass is 31.2. The lowest BCUT2D eigenvalue weighted by molar-refractivity contribution is 0.560. The maximum atomic E-state index is 12.2. The van der Waals surface area contributed by atoms with Gasteiger partial charge in [-0.15, -0.1) is 0 Å². The molecule has 2 heteroatoms. The van der Waals surface area contributed by atoms with E-state index in [4.69, 9.17) is 0 Å². The van der Waals surface area contributed by atoms with Gasteiger partial charge in [0.15, 0.2) is 0 Å². The molecule has 0 aromatic carbocycles. The molecule has 0 saturated heterocycles. The standard InChI is InChI=1S/C9H21OP/c1-6-7-11(10,8(2)3)9(4)5/h8-9H,6-7H2,1-5H3. The second-order valence-electron chi connectivity index (χ2n) is 3.77. The summed E-state index contributed by atoms with van der Waals surface area (Å²) in [6.45, 7) is 10.4. The maximum Gasteiger partial charge on any atom is 0.0925 e. The topological polar surface area (TPSA) is 17.1 Å². The maximum absolute atomic E-state index is 12.2. The van der Waals surface area contributed by atoms with Crippen LogP contribution < -0.4 is 0 Å². The summed E-state index contributed by atoms with van der Waals surface area (Å²) in [7, 11) is -1.86. The molecule has 0 aromatic rings. The minimum Gasteiger partial charge on any atom is -0.323 e.